The van der Waals surface area contributed by atoms with Gasteiger partial charge in [0.05, 0.1) is 33.5 Å². The number of carbonyl (C=O) groups is 1. The molecule has 1 aliphatic heterocycles. The maximum absolute atomic E-state index is 14.9. The Bertz CT molecular complexity index is 1550. The molecule has 8 nitrogen and oxygen atoms in total. The number of furan rings is 1. The highest BCUT2D eigenvalue weighted by molar-refractivity contribution is 7.17. The summed E-state index contributed by atoms with van der Waals surface area (Å²) in [5.74, 6) is 0.350. The number of amides is 1. The molecule has 6 rings (SSSR count). The first-order chi connectivity index (χ1) is 16.5. The summed E-state index contributed by atoms with van der Waals surface area (Å²) < 4.78 is 23.6. The number of rotatable bonds is 3. The van der Waals surface area contributed by atoms with Gasteiger partial charge >= 0.3 is 0 Å². The number of hydrogen-bond donors (Lipinski definition) is 1. The zero-order valence-electron chi connectivity index (χ0n) is 18.4. The Morgan fingerprint density at radius 2 is 2.06 bits per heavy atom. The molecule has 1 aromatic carbocycles. The number of carbonyl (C=O) groups excluding carboxylic acids is 1. The molecule has 1 fully saturated rings. The topological polar surface area (TPSA) is 103 Å². The fourth-order valence-electron chi connectivity index (χ4n) is 4.65. The second kappa shape index (κ2) is 7.91. The number of piperidine rings is 1. The lowest BCUT2D eigenvalue weighted by atomic mass is 10.0. The van der Waals surface area contributed by atoms with Gasteiger partial charge in [0.1, 0.15) is 11.6 Å². The van der Waals surface area contributed by atoms with E-state index in [0.717, 1.165) is 47.1 Å². The predicted molar refractivity (Wildman–Crippen MR) is 129 cm³/mol. The highest BCUT2D eigenvalue weighted by Gasteiger charge is 2.24. The molecule has 4 aromatic heterocycles. The molecule has 5 aromatic rings. The van der Waals surface area contributed by atoms with E-state index < -0.39 is 0 Å². The number of nitrogens with zero attached hydrogens (tertiary/aromatic N) is 5. The van der Waals surface area contributed by atoms with Gasteiger partial charge in [-0.3, -0.25) is 9.48 Å². The molecule has 0 radical (unpaired) electrons. The number of anilines is 1. The van der Waals surface area contributed by atoms with Gasteiger partial charge in [0.25, 0.3) is 0 Å². The van der Waals surface area contributed by atoms with E-state index in [1.807, 2.05) is 21.8 Å². The lowest BCUT2D eigenvalue weighted by Crippen LogP contribution is -2.37. The van der Waals surface area contributed by atoms with E-state index in [0.29, 0.717) is 22.4 Å². The predicted octanol–water partition coefficient (Wildman–Crippen LogP) is 4.87. The van der Waals surface area contributed by atoms with Gasteiger partial charge in [-0.2, -0.15) is 5.10 Å². The lowest BCUT2D eigenvalue weighted by Gasteiger charge is -2.31. The largest absolute Gasteiger partial charge is 0.452 e. The van der Waals surface area contributed by atoms with Gasteiger partial charge in [0, 0.05) is 48.9 Å². The maximum atomic E-state index is 14.9. The van der Waals surface area contributed by atoms with Crippen LogP contribution >= 0.6 is 11.3 Å². The number of nitrogen functional groups attached to an aromatic ring is 1. The Morgan fingerprint density at radius 1 is 1.24 bits per heavy atom. The summed E-state index contributed by atoms with van der Waals surface area (Å²) in [5.41, 5.74) is 11.0. The van der Waals surface area contributed by atoms with E-state index in [4.69, 9.17) is 10.2 Å². The minimum absolute atomic E-state index is 0.108. The van der Waals surface area contributed by atoms with Crippen LogP contribution < -0.4 is 5.73 Å². The van der Waals surface area contributed by atoms with E-state index in [-0.39, 0.29) is 23.6 Å². The standard InChI is InChI=1S/C24H21FN6O2S/c1-13(32)30-6-4-15(5-7-30)31-11-14(9-29-31)17-10-27-24(26)22-16(17)8-20(33-22)21-18(25)2-3-19-23(21)34-12-28-19/h2-3,8-12,15H,4-7H2,1H3,(H2,26,27). The third kappa shape index (κ3) is 3.33. The summed E-state index contributed by atoms with van der Waals surface area (Å²) in [5, 5.41) is 5.33. The number of nitrogens with two attached hydrogens (primary N) is 1. The van der Waals surface area contributed by atoms with Crippen molar-refractivity contribution in [2.24, 2.45) is 0 Å². The Balaban J connectivity index is 1.40. The van der Waals surface area contributed by atoms with E-state index in [1.54, 1.807) is 30.9 Å². The molecule has 0 spiro atoms. The van der Waals surface area contributed by atoms with Gasteiger partial charge in [-0.05, 0) is 31.0 Å². The van der Waals surface area contributed by atoms with Crippen molar-refractivity contribution in [1.29, 1.82) is 0 Å². The van der Waals surface area contributed by atoms with Gasteiger partial charge in [-0.15, -0.1) is 11.3 Å². The fourth-order valence-corrected chi connectivity index (χ4v) is 5.48. The molecule has 1 amide bonds. The van der Waals surface area contributed by atoms with Crippen molar-refractivity contribution >= 4 is 44.2 Å². The van der Waals surface area contributed by atoms with Gasteiger partial charge in [0.2, 0.25) is 5.91 Å². The van der Waals surface area contributed by atoms with Crippen LogP contribution in [0.1, 0.15) is 25.8 Å². The maximum Gasteiger partial charge on any atom is 0.219 e. The highest BCUT2D eigenvalue weighted by Crippen LogP contribution is 2.40. The molecule has 1 saturated heterocycles. The number of aromatic nitrogens is 4. The molecular formula is C24H21FN6O2S. The number of halogens is 1. The summed E-state index contributed by atoms with van der Waals surface area (Å²) in [4.78, 5) is 22.1. The summed E-state index contributed by atoms with van der Waals surface area (Å²) >= 11 is 1.36. The van der Waals surface area contributed by atoms with Gasteiger partial charge in [-0.1, -0.05) is 0 Å². The third-order valence-electron chi connectivity index (χ3n) is 6.48. The van der Waals surface area contributed by atoms with Crippen molar-refractivity contribution in [3.05, 3.63) is 48.1 Å². The smallest absolute Gasteiger partial charge is 0.219 e. The Hall–Kier alpha value is -3.79. The van der Waals surface area contributed by atoms with E-state index in [1.165, 1.54) is 17.4 Å². The van der Waals surface area contributed by atoms with Crippen molar-refractivity contribution in [3.63, 3.8) is 0 Å². The van der Waals surface area contributed by atoms with Crippen LogP contribution in [0, 0.1) is 5.82 Å². The second-order valence-electron chi connectivity index (χ2n) is 8.48. The van der Waals surface area contributed by atoms with Crippen molar-refractivity contribution in [1.82, 2.24) is 24.6 Å². The van der Waals surface area contributed by atoms with Gasteiger partial charge < -0.3 is 15.1 Å². The summed E-state index contributed by atoms with van der Waals surface area (Å²) in [6.45, 7) is 3.05. The first-order valence-corrected chi connectivity index (χ1v) is 11.9. The molecule has 0 aliphatic carbocycles. The first-order valence-electron chi connectivity index (χ1n) is 11.0. The molecule has 34 heavy (non-hydrogen) atoms. The van der Waals surface area contributed by atoms with Crippen LogP contribution in [-0.4, -0.2) is 43.6 Å². The Kier molecular flexibility index (Phi) is 4.84. The zero-order valence-corrected chi connectivity index (χ0v) is 19.2. The van der Waals surface area contributed by atoms with Gasteiger partial charge in [-0.25, -0.2) is 14.4 Å². The summed E-state index contributed by atoms with van der Waals surface area (Å²) in [6, 6.07) is 5.08. The van der Waals surface area contributed by atoms with Crippen LogP contribution in [0.5, 0.6) is 0 Å². The van der Waals surface area contributed by atoms with Crippen LogP contribution in [0.4, 0.5) is 10.2 Å². The van der Waals surface area contributed by atoms with Crippen molar-refractivity contribution in [2.75, 3.05) is 18.8 Å². The van der Waals surface area contributed by atoms with E-state index in [2.05, 4.69) is 15.1 Å². The van der Waals surface area contributed by atoms with E-state index in [9.17, 15) is 9.18 Å². The molecule has 5 heterocycles. The third-order valence-corrected chi connectivity index (χ3v) is 7.34. The number of pyridine rings is 1. The van der Waals surface area contributed by atoms with Crippen LogP contribution in [-0.2, 0) is 4.79 Å². The van der Waals surface area contributed by atoms with Gasteiger partial charge in [0.15, 0.2) is 11.4 Å². The second-order valence-corrected chi connectivity index (χ2v) is 9.33. The Labute approximate surface area is 197 Å². The van der Waals surface area contributed by atoms with E-state index >= 15 is 0 Å². The van der Waals surface area contributed by atoms with Crippen LogP contribution in [0.25, 0.3) is 43.6 Å². The average molecular weight is 477 g/mol. The molecule has 0 saturated carbocycles. The zero-order chi connectivity index (χ0) is 23.4. The first kappa shape index (κ1) is 20.8. The molecule has 10 heteroatoms. The quantitative estimate of drug-likeness (QED) is 0.398. The van der Waals surface area contributed by atoms with Crippen LogP contribution in [0.15, 0.2) is 46.7 Å². The fraction of sp³-hybridized carbons (Fsp3) is 0.250. The number of thiazole rings is 1. The minimum Gasteiger partial charge on any atom is -0.452 e. The van der Waals surface area contributed by atoms with Crippen LogP contribution in [0.2, 0.25) is 0 Å². The number of hydrogen-bond acceptors (Lipinski definition) is 7. The molecule has 172 valence electrons. The monoisotopic (exact) mass is 476 g/mol. The minimum atomic E-state index is -0.381. The normalized spacial score (nSPS) is 14.9. The molecular weight excluding hydrogens is 455 g/mol. The average Bonchev–Trinajstić information content (AvgIpc) is 3.59. The van der Waals surface area contributed by atoms with Crippen molar-refractivity contribution in [3.8, 4) is 22.5 Å². The molecule has 2 N–H and O–H groups in total. The Morgan fingerprint density at radius 3 is 2.85 bits per heavy atom. The lowest BCUT2D eigenvalue weighted by molar-refractivity contribution is -0.130. The highest BCUT2D eigenvalue weighted by atomic mass is 32.1. The number of fused-ring (bicyclic) bond motifs is 2. The molecule has 0 bridgehead atoms. The number of benzene rings is 1. The molecule has 1 aliphatic rings. The molecule has 0 atom stereocenters. The summed E-state index contributed by atoms with van der Waals surface area (Å²) in [7, 11) is 0. The van der Waals surface area contributed by atoms with Crippen LogP contribution in [0.3, 0.4) is 0 Å². The molecule has 0 unspecified atom stereocenters. The summed E-state index contributed by atoms with van der Waals surface area (Å²) in [6.07, 6.45) is 7.17. The van der Waals surface area contributed by atoms with Crippen molar-refractivity contribution < 1.29 is 13.6 Å². The van der Waals surface area contributed by atoms with Crippen molar-refractivity contribution in [2.45, 2.75) is 25.8 Å². The SMILES string of the molecule is CC(=O)N1CCC(n2cc(-c3cnc(N)c4oc(-c5c(F)ccc6ncsc56)cc34)cn2)CC1. The number of likely N-dealkylation sites (tertiary alicyclic amines) is 1.